The largest absolute Gasteiger partial charge is 0.497 e. The fourth-order valence-corrected chi connectivity index (χ4v) is 2.32. The molecular formula is C16H18BrNO. The van der Waals surface area contributed by atoms with Gasteiger partial charge in [0.2, 0.25) is 0 Å². The van der Waals surface area contributed by atoms with Gasteiger partial charge in [0.05, 0.1) is 7.11 Å². The van der Waals surface area contributed by atoms with Crippen molar-refractivity contribution < 1.29 is 4.74 Å². The fraction of sp³-hybridized carbons (Fsp3) is 0.250. The van der Waals surface area contributed by atoms with Gasteiger partial charge in [-0.1, -0.05) is 28.1 Å². The van der Waals surface area contributed by atoms with Gasteiger partial charge in [-0.15, -0.1) is 0 Å². The summed E-state index contributed by atoms with van der Waals surface area (Å²) in [5.74, 6) is 0.876. The fourth-order valence-electron chi connectivity index (χ4n) is 1.93. The van der Waals surface area contributed by atoms with E-state index >= 15 is 0 Å². The molecule has 0 amide bonds. The molecule has 0 aliphatic carbocycles. The predicted octanol–water partition coefficient (Wildman–Crippen LogP) is 4.69. The summed E-state index contributed by atoms with van der Waals surface area (Å²) in [5, 5.41) is 3.48. The zero-order valence-corrected chi connectivity index (χ0v) is 13.0. The number of anilines is 1. The van der Waals surface area contributed by atoms with E-state index in [1.54, 1.807) is 7.11 Å². The Balaban J connectivity index is 2.16. The van der Waals surface area contributed by atoms with E-state index in [1.165, 1.54) is 22.4 Å². The summed E-state index contributed by atoms with van der Waals surface area (Å²) < 4.78 is 6.35. The Kier molecular flexibility index (Phi) is 4.48. The monoisotopic (exact) mass is 319 g/mol. The summed E-state index contributed by atoms with van der Waals surface area (Å²) in [5.41, 5.74) is 4.87. The molecule has 0 heterocycles. The molecule has 2 nitrogen and oxygen atoms in total. The lowest BCUT2D eigenvalue weighted by atomic mass is 10.1. The number of methoxy groups -OCH3 is 1. The molecule has 0 aliphatic rings. The maximum atomic E-state index is 5.26. The van der Waals surface area contributed by atoms with E-state index in [0.29, 0.717) is 0 Å². The standard InChI is InChI=1S/C16H18BrNO/c1-11-4-5-12(2)16(8-11)18-10-13-9-14(19-3)6-7-15(13)17/h4-9,18H,10H2,1-3H3. The normalized spacial score (nSPS) is 10.3. The van der Waals surface area contributed by atoms with Crippen LogP contribution in [0.25, 0.3) is 0 Å². The Morgan fingerprint density at radius 1 is 1.11 bits per heavy atom. The zero-order valence-electron chi connectivity index (χ0n) is 11.5. The third kappa shape index (κ3) is 3.51. The molecule has 19 heavy (non-hydrogen) atoms. The van der Waals surface area contributed by atoms with E-state index in [-0.39, 0.29) is 0 Å². The highest BCUT2D eigenvalue weighted by molar-refractivity contribution is 9.10. The van der Waals surface area contributed by atoms with Crippen LogP contribution < -0.4 is 10.1 Å². The first-order valence-corrected chi connectivity index (χ1v) is 7.03. The molecule has 0 radical (unpaired) electrons. The molecule has 0 atom stereocenters. The SMILES string of the molecule is COc1ccc(Br)c(CNc2cc(C)ccc2C)c1. The summed E-state index contributed by atoms with van der Waals surface area (Å²) in [7, 11) is 1.69. The summed E-state index contributed by atoms with van der Waals surface area (Å²) in [6.07, 6.45) is 0. The van der Waals surface area contributed by atoms with E-state index in [4.69, 9.17) is 4.74 Å². The Labute approximate surface area is 122 Å². The van der Waals surface area contributed by atoms with Crippen molar-refractivity contribution >= 4 is 21.6 Å². The second-order valence-electron chi connectivity index (χ2n) is 4.63. The first-order valence-electron chi connectivity index (χ1n) is 6.23. The average molecular weight is 320 g/mol. The van der Waals surface area contributed by atoms with Crippen molar-refractivity contribution in [2.45, 2.75) is 20.4 Å². The van der Waals surface area contributed by atoms with Crippen LogP contribution in [0.2, 0.25) is 0 Å². The van der Waals surface area contributed by atoms with Crippen molar-refractivity contribution in [1.82, 2.24) is 0 Å². The van der Waals surface area contributed by atoms with Gasteiger partial charge in [0.15, 0.2) is 0 Å². The summed E-state index contributed by atoms with van der Waals surface area (Å²) in [6.45, 7) is 4.98. The molecular weight excluding hydrogens is 302 g/mol. The second-order valence-corrected chi connectivity index (χ2v) is 5.48. The van der Waals surface area contributed by atoms with Crippen LogP contribution in [0.1, 0.15) is 16.7 Å². The van der Waals surface area contributed by atoms with Gasteiger partial charge in [-0.05, 0) is 54.8 Å². The van der Waals surface area contributed by atoms with Crippen LogP contribution >= 0.6 is 15.9 Å². The highest BCUT2D eigenvalue weighted by atomic mass is 79.9. The smallest absolute Gasteiger partial charge is 0.119 e. The molecule has 2 aromatic carbocycles. The van der Waals surface area contributed by atoms with Gasteiger partial charge in [0.25, 0.3) is 0 Å². The molecule has 0 bridgehead atoms. The van der Waals surface area contributed by atoms with E-state index in [2.05, 4.69) is 53.3 Å². The van der Waals surface area contributed by atoms with Crippen LogP contribution in [0.3, 0.4) is 0 Å². The van der Waals surface area contributed by atoms with Crippen molar-refractivity contribution in [3.05, 3.63) is 57.6 Å². The van der Waals surface area contributed by atoms with E-state index in [0.717, 1.165) is 16.8 Å². The van der Waals surface area contributed by atoms with E-state index in [1.807, 2.05) is 18.2 Å². The number of nitrogens with one attached hydrogen (secondary N) is 1. The van der Waals surface area contributed by atoms with Crippen molar-refractivity contribution in [3.8, 4) is 5.75 Å². The highest BCUT2D eigenvalue weighted by Crippen LogP contribution is 2.24. The quantitative estimate of drug-likeness (QED) is 0.883. The molecule has 0 fully saturated rings. The van der Waals surface area contributed by atoms with Crippen LogP contribution in [-0.2, 0) is 6.54 Å². The third-order valence-electron chi connectivity index (χ3n) is 3.12. The van der Waals surface area contributed by atoms with Crippen LogP contribution in [0, 0.1) is 13.8 Å². The zero-order chi connectivity index (χ0) is 13.8. The van der Waals surface area contributed by atoms with Gasteiger partial charge in [-0.2, -0.15) is 0 Å². The van der Waals surface area contributed by atoms with Crippen molar-refractivity contribution in [1.29, 1.82) is 0 Å². The van der Waals surface area contributed by atoms with Crippen molar-refractivity contribution in [2.75, 3.05) is 12.4 Å². The van der Waals surface area contributed by atoms with Crippen LogP contribution in [0.15, 0.2) is 40.9 Å². The van der Waals surface area contributed by atoms with Gasteiger partial charge in [0, 0.05) is 16.7 Å². The third-order valence-corrected chi connectivity index (χ3v) is 3.89. The number of halogens is 1. The molecule has 0 saturated heterocycles. The minimum absolute atomic E-state index is 0.766. The topological polar surface area (TPSA) is 21.3 Å². The van der Waals surface area contributed by atoms with E-state index < -0.39 is 0 Å². The Morgan fingerprint density at radius 2 is 1.89 bits per heavy atom. The van der Waals surface area contributed by atoms with Gasteiger partial charge in [-0.3, -0.25) is 0 Å². The molecule has 0 unspecified atom stereocenters. The lowest BCUT2D eigenvalue weighted by molar-refractivity contribution is 0.414. The first-order chi connectivity index (χ1) is 9.10. The number of hydrogen-bond acceptors (Lipinski definition) is 2. The molecule has 0 saturated carbocycles. The minimum atomic E-state index is 0.766. The van der Waals surface area contributed by atoms with Crippen LogP contribution in [-0.4, -0.2) is 7.11 Å². The van der Waals surface area contributed by atoms with Crippen molar-refractivity contribution in [3.63, 3.8) is 0 Å². The minimum Gasteiger partial charge on any atom is -0.497 e. The lowest BCUT2D eigenvalue weighted by Gasteiger charge is -2.12. The Morgan fingerprint density at radius 3 is 2.63 bits per heavy atom. The molecule has 0 spiro atoms. The molecule has 0 aromatic heterocycles. The Hall–Kier alpha value is -1.48. The molecule has 1 N–H and O–H groups in total. The summed E-state index contributed by atoms with van der Waals surface area (Å²) in [4.78, 5) is 0. The van der Waals surface area contributed by atoms with Gasteiger partial charge in [-0.25, -0.2) is 0 Å². The van der Waals surface area contributed by atoms with Crippen LogP contribution in [0.5, 0.6) is 5.75 Å². The molecule has 100 valence electrons. The van der Waals surface area contributed by atoms with Crippen molar-refractivity contribution in [2.24, 2.45) is 0 Å². The van der Waals surface area contributed by atoms with E-state index in [9.17, 15) is 0 Å². The molecule has 2 aromatic rings. The Bertz CT molecular complexity index is 581. The molecule has 2 rings (SSSR count). The number of rotatable bonds is 4. The number of hydrogen-bond donors (Lipinski definition) is 1. The van der Waals surface area contributed by atoms with Crippen LogP contribution in [0.4, 0.5) is 5.69 Å². The number of aryl methyl sites for hydroxylation is 2. The van der Waals surface area contributed by atoms with Gasteiger partial charge in [0.1, 0.15) is 5.75 Å². The first kappa shape index (κ1) is 13.9. The van der Waals surface area contributed by atoms with Gasteiger partial charge >= 0.3 is 0 Å². The average Bonchev–Trinajstić information content (AvgIpc) is 2.41. The highest BCUT2D eigenvalue weighted by Gasteiger charge is 2.04. The maximum Gasteiger partial charge on any atom is 0.119 e. The lowest BCUT2D eigenvalue weighted by Crippen LogP contribution is -2.02. The van der Waals surface area contributed by atoms with Gasteiger partial charge < -0.3 is 10.1 Å². The second kappa shape index (κ2) is 6.11. The maximum absolute atomic E-state index is 5.26. The number of ether oxygens (including phenoxy) is 1. The molecule has 3 heteroatoms. The number of benzene rings is 2. The summed E-state index contributed by atoms with van der Waals surface area (Å²) in [6, 6.07) is 12.4. The summed E-state index contributed by atoms with van der Waals surface area (Å²) >= 11 is 3.57. The predicted molar refractivity (Wildman–Crippen MR) is 83.9 cm³/mol. The molecule has 0 aliphatic heterocycles.